The van der Waals surface area contributed by atoms with Crippen LogP contribution < -0.4 is 4.74 Å². The predicted molar refractivity (Wildman–Crippen MR) is 87.3 cm³/mol. The number of ether oxygens (including phenoxy) is 1. The molecular weight excluding hydrogens is 346 g/mol. The van der Waals surface area contributed by atoms with Crippen molar-refractivity contribution in [3.8, 4) is 5.75 Å². The van der Waals surface area contributed by atoms with E-state index in [1.54, 1.807) is 7.11 Å². The topological polar surface area (TPSA) is 42.7 Å². The van der Waals surface area contributed by atoms with Crippen molar-refractivity contribution in [1.82, 2.24) is 4.90 Å². The molecule has 0 unspecified atom stereocenters. The molecule has 0 atom stereocenters. The molecule has 0 fully saturated rings. The van der Waals surface area contributed by atoms with Gasteiger partial charge < -0.3 is 14.1 Å². The van der Waals surface area contributed by atoms with Gasteiger partial charge in [-0.3, -0.25) is 4.79 Å². The quantitative estimate of drug-likeness (QED) is 0.813. The highest BCUT2D eigenvalue weighted by Crippen LogP contribution is 2.31. The van der Waals surface area contributed by atoms with Gasteiger partial charge in [0.2, 0.25) is 0 Å². The maximum absolute atomic E-state index is 12.8. The second kappa shape index (κ2) is 5.80. The van der Waals surface area contributed by atoms with Gasteiger partial charge in [-0.25, -0.2) is 0 Å². The third-order valence-corrected chi connectivity index (χ3v) is 5.07. The van der Waals surface area contributed by atoms with Crippen LogP contribution in [0.2, 0.25) is 0 Å². The monoisotopic (exact) mass is 363 g/mol. The van der Waals surface area contributed by atoms with Gasteiger partial charge in [-0.05, 0) is 59.5 Å². The van der Waals surface area contributed by atoms with Crippen molar-refractivity contribution in [3.63, 3.8) is 0 Å². The lowest BCUT2D eigenvalue weighted by atomic mass is 9.99. The van der Waals surface area contributed by atoms with E-state index in [2.05, 4.69) is 22.0 Å². The first-order valence-corrected chi connectivity index (χ1v) is 8.01. The Morgan fingerprint density at radius 3 is 2.68 bits per heavy atom. The first kappa shape index (κ1) is 15.2. The first-order valence-electron chi connectivity index (χ1n) is 7.21. The molecule has 5 heteroatoms. The molecular formula is C17H18BrNO3. The average molecular weight is 364 g/mol. The summed E-state index contributed by atoms with van der Waals surface area (Å²) in [5, 5.41) is 0. The summed E-state index contributed by atoms with van der Waals surface area (Å²) < 4.78 is 11.6. The summed E-state index contributed by atoms with van der Waals surface area (Å²) in [5.41, 5.74) is 3.06. The molecule has 0 spiro atoms. The molecule has 0 radical (unpaired) electrons. The van der Waals surface area contributed by atoms with Crippen LogP contribution in [0.3, 0.4) is 0 Å². The van der Waals surface area contributed by atoms with Gasteiger partial charge in [0.25, 0.3) is 5.91 Å². The molecule has 0 saturated carbocycles. The fourth-order valence-corrected chi connectivity index (χ4v) is 3.42. The summed E-state index contributed by atoms with van der Waals surface area (Å²) in [4.78, 5) is 14.7. The Bertz CT molecular complexity index is 736. The Kier molecular flexibility index (Phi) is 4.00. The number of aryl methyl sites for hydroxylation is 2. The highest BCUT2D eigenvalue weighted by atomic mass is 79.9. The summed E-state index contributed by atoms with van der Waals surface area (Å²) in [5.74, 6) is 2.23. The first-order chi connectivity index (χ1) is 10.5. The Morgan fingerprint density at radius 1 is 1.27 bits per heavy atom. The van der Waals surface area contributed by atoms with Crippen LogP contribution in [0.4, 0.5) is 0 Å². The number of benzene rings is 1. The Balaban J connectivity index is 1.89. The van der Waals surface area contributed by atoms with Crippen LogP contribution in [-0.4, -0.2) is 24.5 Å². The van der Waals surface area contributed by atoms with Crippen molar-refractivity contribution in [3.05, 3.63) is 50.9 Å². The van der Waals surface area contributed by atoms with Gasteiger partial charge in [0.15, 0.2) is 0 Å². The molecule has 0 aliphatic carbocycles. The van der Waals surface area contributed by atoms with E-state index in [-0.39, 0.29) is 5.91 Å². The van der Waals surface area contributed by atoms with Gasteiger partial charge in [-0.1, -0.05) is 6.07 Å². The molecule has 0 N–H and O–H groups in total. The third kappa shape index (κ3) is 2.54. The molecule has 3 rings (SSSR count). The molecule has 1 aliphatic heterocycles. The molecule has 1 amide bonds. The summed E-state index contributed by atoms with van der Waals surface area (Å²) in [6, 6.07) is 6.06. The lowest BCUT2D eigenvalue weighted by Gasteiger charge is -2.29. The summed E-state index contributed by atoms with van der Waals surface area (Å²) in [6.45, 7) is 4.99. The van der Waals surface area contributed by atoms with E-state index in [0.717, 1.165) is 28.0 Å². The zero-order valence-electron chi connectivity index (χ0n) is 12.9. The average Bonchev–Trinajstić information content (AvgIpc) is 2.78. The fourth-order valence-electron chi connectivity index (χ4n) is 2.89. The fraction of sp³-hybridized carbons (Fsp3) is 0.353. The number of nitrogens with zero attached hydrogens (tertiary/aromatic N) is 1. The van der Waals surface area contributed by atoms with E-state index in [1.807, 2.05) is 30.9 Å². The van der Waals surface area contributed by atoms with Crippen LogP contribution in [0, 0.1) is 13.8 Å². The Labute approximate surface area is 138 Å². The number of amides is 1. The lowest BCUT2D eigenvalue weighted by Crippen LogP contribution is -2.36. The summed E-state index contributed by atoms with van der Waals surface area (Å²) in [7, 11) is 1.65. The molecule has 116 valence electrons. The molecule has 2 heterocycles. The van der Waals surface area contributed by atoms with Gasteiger partial charge in [0, 0.05) is 13.1 Å². The number of carbonyl (C=O) groups is 1. The van der Waals surface area contributed by atoms with Crippen molar-refractivity contribution in [2.45, 2.75) is 26.8 Å². The second-order valence-electron chi connectivity index (χ2n) is 5.51. The molecule has 4 nitrogen and oxygen atoms in total. The number of furan rings is 1. The van der Waals surface area contributed by atoms with Gasteiger partial charge in [-0.15, -0.1) is 0 Å². The number of hydrogen-bond donors (Lipinski definition) is 0. The van der Waals surface area contributed by atoms with E-state index >= 15 is 0 Å². The third-order valence-electron chi connectivity index (χ3n) is 4.11. The number of fused-ring (bicyclic) bond motifs is 1. The SMILES string of the molecule is COc1ccc2c(c1)CN(C(=O)c1c(C)oc(C)c1Br)CC2. The molecule has 0 saturated heterocycles. The normalized spacial score (nSPS) is 13.9. The second-order valence-corrected chi connectivity index (χ2v) is 6.31. The van der Waals surface area contributed by atoms with Crippen LogP contribution in [0.5, 0.6) is 5.75 Å². The van der Waals surface area contributed by atoms with E-state index in [4.69, 9.17) is 9.15 Å². The largest absolute Gasteiger partial charge is 0.497 e. The minimum absolute atomic E-state index is 0.00898. The summed E-state index contributed by atoms with van der Waals surface area (Å²) in [6.07, 6.45) is 0.860. The minimum atomic E-state index is 0.00898. The van der Waals surface area contributed by atoms with Crippen molar-refractivity contribution in [1.29, 1.82) is 0 Å². The summed E-state index contributed by atoms with van der Waals surface area (Å²) >= 11 is 3.46. The van der Waals surface area contributed by atoms with E-state index in [1.165, 1.54) is 5.56 Å². The van der Waals surface area contributed by atoms with Crippen LogP contribution in [-0.2, 0) is 13.0 Å². The lowest BCUT2D eigenvalue weighted by molar-refractivity contribution is 0.0732. The molecule has 22 heavy (non-hydrogen) atoms. The van der Waals surface area contributed by atoms with Gasteiger partial charge >= 0.3 is 0 Å². The number of methoxy groups -OCH3 is 1. The van der Waals surface area contributed by atoms with Crippen molar-refractivity contribution >= 4 is 21.8 Å². The highest BCUT2D eigenvalue weighted by Gasteiger charge is 2.27. The smallest absolute Gasteiger partial charge is 0.258 e. The maximum atomic E-state index is 12.8. The van der Waals surface area contributed by atoms with E-state index < -0.39 is 0 Å². The zero-order valence-corrected chi connectivity index (χ0v) is 14.5. The molecule has 0 bridgehead atoms. The predicted octanol–water partition coefficient (Wildman–Crippen LogP) is 3.87. The van der Waals surface area contributed by atoms with Crippen molar-refractivity contribution < 1.29 is 13.9 Å². The van der Waals surface area contributed by atoms with Crippen LogP contribution in [0.15, 0.2) is 27.1 Å². The van der Waals surface area contributed by atoms with Crippen molar-refractivity contribution in [2.24, 2.45) is 0 Å². The van der Waals surface area contributed by atoms with Crippen LogP contribution >= 0.6 is 15.9 Å². The molecule has 1 aromatic heterocycles. The zero-order chi connectivity index (χ0) is 15.9. The van der Waals surface area contributed by atoms with Crippen LogP contribution in [0.25, 0.3) is 0 Å². The van der Waals surface area contributed by atoms with E-state index in [9.17, 15) is 4.79 Å². The number of hydrogen-bond acceptors (Lipinski definition) is 3. The Morgan fingerprint density at radius 2 is 2.05 bits per heavy atom. The van der Waals surface area contributed by atoms with Crippen molar-refractivity contribution in [2.75, 3.05) is 13.7 Å². The number of halogens is 1. The van der Waals surface area contributed by atoms with Gasteiger partial charge in [-0.2, -0.15) is 0 Å². The van der Waals surface area contributed by atoms with Crippen LogP contribution in [0.1, 0.15) is 33.0 Å². The van der Waals surface area contributed by atoms with Gasteiger partial charge in [0.05, 0.1) is 17.1 Å². The maximum Gasteiger partial charge on any atom is 0.258 e. The molecule has 1 aromatic carbocycles. The highest BCUT2D eigenvalue weighted by molar-refractivity contribution is 9.10. The number of rotatable bonds is 2. The Hall–Kier alpha value is -1.75. The molecule has 1 aliphatic rings. The number of carbonyl (C=O) groups excluding carboxylic acids is 1. The minimum Gasteiger partial charge on any atom is -0.497 e. The van der Waals surface area contributed by atoms with Gasteiger partial charge in [0.1, 0.15) is 17.3 Å². The van der Waals surface area contributed by atoms with E-state index in [0.29, 0.717) is 24.4 Å². The molecule has 2 aromatic rings. The standard InChI is InChI=1S/C17H18BrNO3/c1-10-15(16(18)11(2)22-10)17(20)19-7-6-12-4-5-14(21-3)8-13(12)9-19/h4-5,8H,6-7,9H2,1-3H3.